The number of phenols is 3. The standard InChI is InChI=1S/C28H22O10/c1-3-8-36-20-10-13(5-7-19(20)35-2)15-11-22(32)37-21-12-18(31)24-25(33)26(34)27(38-28(24)23(15)21)14-4-6-16(29)17(30)9-14/h3-7,9-10,12,15,29-31,34H,1,8,11H2,2H3/t15-/m0/s1. The maximum absolute atomic E-state index is 13.2. The normalized spacial score (nSPS) is 14.6. The third-order valence-electron chi connectivity index (χ3n) is 6.25. The van der Waals surface area contributed by atoms with Gasteiger partial charge in [-0.3, -0.25) is 9.59 Å². The number of hydrogen-bond donors (Lipinski definition) is 4. The Labute approximate surface area is 215 Å². The lowest BCUT2D eigenvalue weighted by Crippen LogP contribution is -2.22. The predicted molar refractivity (Wildman–Crippen MR) is 135 cm³/mol. The van der Waals surface area contributed by atoms with Crippen LogP contribution in [0.4, 0.5) is 0 Å². The van der Waals surface area contributed by atoms with Crippen molar-refractivity contribution < 1.29 is 43.8 Å². The van der Waals surface area contributed by atoms with E-state index < -0.39 is 40.3 Å². The summed E-state index contributed by atoms with van der Waals surface area (Å²) in [5.41, 5.74) is -0.0718. The number of fused-ring (bicyclic) bond motifs is 3. The highest BCUT2D eigenvalue weighted by atomic mass is 16.5. The maximum atomic E-state index is 13.2. The third kappa shape index (κ3) is 4.01. The van der Waals surface area contributed by atoms with Crippen LogP contribution in [0.3, 0.4) is 0 Å². The van der Waals surface area contributed by atoms with Crippen molar-refractivity contribution in [3.63, 3.8) is 0 Å². The fraction of sp³-hybridized carbons (Fsp3) is 0.143. The van der Waals surface area contributed by atoms with Gasteiger partial charge in [-0.15, -0.1) is 0 Å². The van der Waals surface area contributed by atoms with E-state index in [0.717, 1.165) is 12.1 Å². The molecule has 0 fully saturated rings. The van der Waals surface area contributed by atoms with Crippen LogP contribution >= 0.6 is 0 Å². The van der Waals surface area contributed by atoms with E-state index in [1.54, 1.807) is 24.3 Å². The molecular weight excluding hydrogens is 496 g/mol. The van der Waals surface area contributed by atoms with Crippen molar-refractivity contribution in [1.29, 1.82) is 0 Å². The molecule has 0 radical (unpaired) electrons. The van der Waals surface area contributed by atoms with Gasteiger partial charge in [0.2, 0.25) is 11.2 Å². The molecule has 10 nitrogen and oxygen atoms in total. The van der Waals surface area contributed by atoms with E-state index in [2.05, 4.69) is 6.58 Å². The summed E-state index contributed by atoms with van der Waals surface area (Å²) in [6.07, 6.45) is 1.44. The Morgan fingerprint density at radius 2 is 1.79 bits per heavy atom. The molecule has 194 valence electrons. The molecule has 3 aromatic carbocycles. The van der Waals surface area contributed by atoms with Crippen LogP contribution in [0.2, 0.25) is 0 Å². The Morgan fingerprint density at radius 3 is 2.50 bits per heavy atom. The second-order valence-electron chi connectivity index (χ2n) is 8.56. The first kappa shape index (κ1) is 24.6. The SMILES string of the molecule is C=CCOc1cc([C@@H]2CC(=O)Oc3cc(O)c4c(=O)c(O)c(-c5ccc(O)c(O)c5)oc4c32)ccc1OC. The topological polar surface area (TPSA) is 156 Å². The number of phenolic OH excluding ortho intramolecular Hbond substituents is 3. The molecule has 4 N–H and O–H groups in total. The number of carbonyl (C=O) groups is 1. The fourth-order valence-corrected chi connectivity index (χ4v) is 4.50. The second-order valence-corrected chi connectivity index (χ2v) is 8.56. The summed E-state index contributed by atoms with van der Waals surface area (Å²) in [4.78, 5) is 25.8. The largest absolute Gasteiger partial charge is 0.507 e. The molecule has 0 saturated carbocycles. The molecule has 0 amide bonds. The highest BCUT2D eigenvalue weighted by molar-refractivity contribution is 5.94. The van der Waals surface area contributed by atoms with Gasteiger partial charge in [-0.2, -0.15) is 0 Å². The van der Waals surface area contributed by atoms with Crippen molar-refractivity contribution in [2.45, 2.75) is 12.3 Å². The van der Waals surface area contributed by atoms with Gasteiger partial charge in [0, 0.05) is 23.1 Å². The lowest BCUT2D eigenvalue weighted by atomic mass is 9.85. The van der Waals surface area contributed by atoms with Crippen LogP contribution in [0.1, 0.15) is 23.5 Å². The molecular formula is C28H22O10. The molecule has 38 heavy (non-hydrogen) atoms. The van der Waals surface area contributed by atoms with E-state index in [0.29, 0.717) is 22.6 Å². The average molecular weight is 518 g/mol. The molecule has 5 rings (SSSR count). The van der Waals surface area contributed by atoms with Gasteiger partial charge in [0.05, 0.1) is 13.5 Å². The summed E-state index contributed by atoms with van der Waals surface area (Å²) >= 11 is 0. The van der Waals surface area contributed by atoms with E-state index >= 15 is 0 Å². The Kier molecular flexibility index (Phi) is 6.08. The van der Waals surface area contributed by atoms with E-state index in [1.807, 2.05) is 0 Å². The molecule has 2 heterocycles. The number of aromatic hydroxyl groups is 4. The van der Waals surface area contributed by atoms with Gasteiger partial charge in [0.1, 0.15) is 29.1 Å². The van der Waals surface area contributed by atoms with Crippen molar-refractivity contribution in [3.05, 3.63) is 76.5 Å². The second kappa shape index (κ2) is 9.40. The van der Waals surface area contributed by atoms with Crippen molar-refractivity contribution in [3.8, 4) is 51.6 Å². The Bertz CT molecular complexity index is 1670. The molecule has 10 heteroatoms. The molecule has 1 aromatic heterocycles. The number of hydrogen-bond acceptors (Lipinski definition) is 10. The van der Waals surface area contributed by atoms with E-state index in [1.165, 1.54) is 19.2 Å². The Morgan fingerprint density at radius 1 is 1.00 bits per heavy atom. The summed E-state index contributed by atoms with van der Waals surface area (Å²) in [5, 5.41) is 40.6. The van der Waals surface area contributed by atoms with Gasteiger partial charge in [0.25, 0.3) is 0 Å². The minimum absolute atomic E-state index is 0.0195. The van der Waals surface area contributed by atoms with E-state index in [-0.39, 0.29) is 41.1 Å². The Hall–Kier alpha value is -5.12. The van der Waals surface area contributed by atoms with Crippen LogP contribution in [-0.4, -0.2) is 40.1 Å². The monoisotopic (exact) mass is 518 g/mol. The third-order valence-corrected chi connectivity index (χ3v) is 6.25. The van der Waals surface area contributed by atoms with E-state index in [9.17, 15) is 30.0 Å². The first-order valence-electron chi connectivity index (χ1n) is 11.4. The highest BCUT2D eigenvalue weighted by Crippen LogP contribution is 2.48. The molecule has 0 aliphatic carbocycles. The highest BCUT2D eigenvalue weighted by Gasteiger charge is 2.35. The van der Waals surface area contributed by atoms with Crippen LogP contribution in [0.25, 0.3) is 22.3 Å². The Balaban J connectivity index is 1.79. The molecule has 1 aliphatic rings. The predicted octanol–water partition coefficient (Wildman–Crippen LogP) is 4.30. The van der Waals surface area contributed by atoms with Crippen LogP contribution in [-0.2, 0) is 4.79 Å². The summed E-state index contributed by atoms with van der Waals surface area (Å²) in [5.74, 6) is -3.03. The van der Waals surface area contributed by atoms with Crippen molar-refractivity contribution in [2.24, 2.45) is 0 Å². The minimum atomic E-state index is -0.936. The number of benzene rings is 3. The molecule has 1 aliphatic heterocycles. The zero-order valence-corrected chi connectivity index (χ0v) is 20.1. The number of esters is 1. The summed E-state index contributed by atoms with van der Waals surface area (Å²) in [7, 11) is 1.49. The minimum Gasteiger partial charge on any atom is -0.507 e. The summed E-state index contributed by atoms with van der Waals surface area (Å²) in [6.45, 7) is 3.85. The molecule has 0 saturated heterocycles. The van der Waals surface area contributed by atoms with Crippen LogP contribution in [0.15, 0.2) is 64.3 Å². The van der Waals surface area contributed by atoms with Gasteiger partial charge in [-0.05, 0) is 35.9 Å². The van der Waals surface area contributed by atoms with Crippen molar-refractivity contribution in [2.75, 3.05) is 13.7 Å². The average Bonchev–Trinajstić information content (AvgIpc) is 2.90. The molecule has 0 spiro atoms. The molecule has 0 unspecified atom stereocenters. The smallest absolute Gasteiger partial charge is 0.312 e. The quantitative estimate of drug-likeness (QED) is 0.126. The fourth-order valence-electron chi connectivity index (χ4n) is 4.50. The van der Waals surface area contributed by atoms with Crippen LogP contribution in [0, 0.1) is 0 Å². The zero-order valence-electron chi connectivity index (χ0n) is 20.1. The lowest BCUT2D eigenvalue weighted by Gasteiger charge is -2.26. The zero-order chi connectivity index (χ0) is 27.1. The molecule has 1 atom stereocenters. The van der Waals surface area contributed by atoms with Crippen molar-refractivity contribution in [1.82, 2.24) is 0 Å². The van der Waals surface area contributed by atoms with E-state index in [4.69, 9.17) is 18.6 Å². The maximum Gasteiger partial charge on any atom is 0.312 e. The van der Waals surface area contributed by atoms with Gasteiger partial charge in [0.15, 0.2) is 28.8 Å². The van der Waals surface area contributed by atoms with Crippen LogP contribution < -0.4 is 19.6 Å². The molecule has 0 bridgehead atoms. The summed E-state index contributed by atoms with van der Waals surface area (Å²) < 4.78 is 22.5. The molecule has 4 aromatic rings. The lowest BCUT2D eigenvalue weighted by molar-refractivity contribution is -0.135. The number of methoxy groups -OCH3 is 1. The van der Waals surface area contributed by atoms with Crippen molar-refractivity contribution >= 4 is 16.9 Å². The number of rotatable bonds is 6. The first-order valence-corrected chi connectivity index (χ1v) is 11.4. The summed E-state index contributed by atoms with van der Waals surface area (Å²) in [6, 6.07) is 9.82. The van der Waals surface area contributed by atoms with Crippen LogP contribution in [0.5, 0.6) is 40.2 Å². The van der Waals surface area contributed by atoms with Gasteiger partial charge < -0.3 is 39.1 Å². The number of ether oxygens (including phenoxy) is 3. The van der Waals surface area contributed by atoms with Gasteiger partial charge in [-0.1, -0.05) is 18.7 Å². The van der Waals surface area contributed by atoms with Gasteiger partial charge >= 0.3 is 5.97 Å². The number of carbonyl (C=O) groups excluding carboxylic acids is 1. The van der Waals surface area contributed by atoms with Gasteiger partial charge in [-0.25, -0.2) is 0 Å². The first-order chi connectivity index (χ1) is 18.2.